The summed E-state index contributed by atoms with van der Waals surface area (Å²) in [6.07, 6.45) is 5.62. The highest BCUT2D eigenvalue weighted by atomic mass is 15.1. The molecule has 12 rings (SSSR count). The first-order valence-corrected chi connectivity index (χ1v) is 20.6. The number of hydrogen-bond acceptors (Lipinski definition) is 1. The molecule has 0 N–H and O–H groups in total. The molecule has 0 heterocycles. The topological polar surface area (TPSA) is 3.24 Å². The lowest BCUT2D eigenvalue weighted by molar-refractivity contribution is -0.144. The zero-order chi connectivity index (χ0) is 36.8. The molecule has 1 heteroatoms. The van der Waals surface area contributed by atoms with Gasteiger partial charge in [0.15, 0.2) is 0 Å². The van der Waals surface area contributed by atoms with Gasteiger partial charge in [-0.25, -0.2) is 0 Å². The summed E-state index contributed by atoms with van der Waals surface area (Å²) in [4.78, 5) is 2.39. The fourth-order valence-corrected chi connectivity index (χ4v) is 11.7. The van der Waals surface area contributed by atoms with E-state index in [1.54, 1.807) is 11.1 Å². The summed E-state index contributed by atoms with van der Waals surface area (Å²) in [7, 11) is 0. The van der Waals surface area contributed by atoms with Gasteiger partial charge in [-0.15, -0.1) is 0 Å². The zero-order valence-corrected chi connectivity index (χ0v) is 31.5. The summed E-state index contributed by atoms with van der Waals surface area (Å²) in [6.45, 7) is 0. The van der Waals surface area contributed by atoms with E-state index >= 15 is 0 Å². The molecule has 4 aliphatic carbocycles. The molecular weight excluding hydrogens is 675 g/mol. The van der Waals surface area contributed by atoms with Gasteiger partial charge in [-0.3, -0.25) is 0 Å². The Hall–Kier alpha value is -6.18. The number of anilines is 3. The highest BCUT2D eigenvalue weighted by Crippen LogP contribution is 2.80. The highest BCUT2D eigenvalue weighted by molar-refractivity contribution is 5.88. The molecule has 268 valence electrons. The molecule has 5 unspecified atom stereocenters. The van der Waals surface area contributed by atoms with Crippen LogP contribution in [0.2, 0.25) is 0 Å². The lowest BCUT2D eigenvalue weighted by Gasteiger charge is -2.67. The molecule has 4 aliphatic rings. The van der Waals surface area contributed by atoms with Crippen LogP contribution in [0.3, 0.4) is 0 Å². The van der Waals surface area contributed by atoms with Crippen molar-refractivity contribution in [1.29, 1.82) is 0 Å². The zero-order valence-electron chi connectivity index (χ0n) is 31.5. The third-order valence-corrected chi connectivity index (χ3v) is 14.4. The molecule has 0 saturated heterocycles. The van der Waals surface area contributed by atoms with Gasteiger partial charge < -0.3 is 4.90 Å². The Bertz CT molecular complexity index is 2760. The van der Waals surface area contributed by atoms with Crippen LogP contribution >= 0.6 is 0 Å². The average Bonchev–Trinajstić information content (AvgIpc) is 3.63. The van der Waals surface area contributed by atoms with Crippen molar-refractivity contribution in [2.75, 3.05) is 4.90 Å². The number of fused-ring (bicyclic) bond motifs is 7. The van der Waals surface area contributed by atoms with E-state index in [2.05, 4.69) is 193 Å². The number of hydrogen-bond donors (Lipinski definition) is 0. The van der Waals surface area contributed by atoms with Crippen LogP contribution in [0.15, 0.2) is 188 Å². The molecule has 1 spiro atoms. The number of benzene rings is 8. The first-order chi connectivity index (χ1) is 27.7. The van der Waals surface area contributed by atoms with Crippen molar-refractivity contribution in [3.05, 3.63) is 199 Å². The summed E-state index contributed by atoms with van der Waals surface area (Å²) >= 11 is 0. The Morgan fingerprint density at radius 2 is 0.893 bits per heavy atom. The lowest BCUT2D eigenvalue weighted by atomic mass is 9.37. The third kappa shape index (κ3) is 4.86. The fraction of sp³-hybridized carbons (Fsp3) is 0.164. The van der Waals surface area contributed by atoms with Gasteiger partial charge in [-0.2, -0.15) is 0 Å². The largest absolute Gasteiger partial charge is 0.311 e. The van der Waals surface area contributed by atoms with Crippen LogP contribution in [-0.2, 0) is 0 Å². The van der Waals surface area contributed by atoms with Crippen molar-refractivity contribution in [1.82, 2.24) is 0 Å². The van der Waals surface area contributed by atoms with Crippen LogP contribution in [0, 0.1) is 17.3 Å². The summed E-state index contributed by atoms with van der Waals surface area (Å²) in [5.74, 6) is 3.29. The maximum absolute atomic E-state index is 2.58. The van der Waals surface area contributed by atoms with Crippen molar-refractivity contribution in [3.8, 4) is 44.5 Å². The van der Waals surface area contributed by atoms with Crippen LogP contribution in [0.4, 0.5) is 17.1 Å². The molecule has 3 fully saturated rings. The van der Waals surface area contributed by atoms with E-state index in [1.807, 2.05) is 0 Å². The predicted molar refractivity (Wildman–Crippen MR) is 234 cm³/mol. The molecule has 0 radical (unpaired) electrons. The van der Waals surface area contributed by atoms with Gasteiger partial charge in [0.25, 0.3) is 0 Å². The van der Waals surface area contributed by atoms with E-state index in [0.29, 0.717) is 11.3 Å². The van der Waals surface area contributed by atoms with Gasteiger partial charge in [0.05, 0.1) is 0 Å². The average molecular weight is 718 g/mol. The molecular formula is C55H43N. The number of nitrogens with zero attached hydrogens (tertiary/aromatic N) is 1. The Kier molecular flexibility index (Phi) is 7.12. The van der Waals surface area contributed by atoms with Gasteiger partial charge >= 0.3 is 0 Å². The third-order valence-electron chi connectivity index (χ3n) is 14.4. The standard InChI is InChI=1S/C55H43N/c1-2-8-36(9-3-1)38-16-23-47(24-17-38)56(48-25-18-39(19-26-48)42-15-14-37-10-4-5-11-41(37)30-42)49-27-20-40(21-28-49)43-22-29-52-51-13-7-6-12-50(51)44-31-45-33-46-34-54(53(52)32-43)55(45,46)35-44/h1-30,32,44-46,54H,31,33-35H2. The van der Waals surface area contributed by atoms with Crippen LogP contribution < -0.4 is 4.90 Å². The smallest absolute Gasteiger partial charge is 0.0462 e. The van der Waals surface area contributed by atoms with E-state index in [1.165, 1.54) is 81.0 Å². The summed E-state index contributed by atoms with van der Waals surface area (Å²) in [6, 6.07) is 70.1. The summed E-state index contributed by atoms with van der Waals surface area (Å²) in [5.41, 5.74) is 17.6. The van der Waals surface area contributed by atoms with Gasteiger partial charge in [0, 0.05) is 17.1 Å². The van der Waals surface area contributed by atoms with Gasteiger partial charge in [-0.05, 0) is 164 Å². The summed E-state index contributed by atoms with van der Waals surface area (Å²) in [5, 5.41) is 2.53. The first kappa shape index (κ1) is 32.1. The van der Waals surface area contributed by atoms with Crippen molar-refractivity contribution in [3.63, 3.8) is 0 Å². The summed E-state index contributed by atoms with van der Waals surface area (Å²) < 4.78 is 0. The van der Waals surface area contributed by atoms with Gasteiger partial charge in [-0.1, -0.05) is 146 Å². The van der Waals surface area contributed by atoms with Crippen LogP contribution in [0.5, 0.6) is 0 Å². The van der Waals surface area contributed by atoms with E-state index < -0.39 is 0 Å². The highest BCUT2D eigenvalue weighted by Gasteiger charge is 2.70. The molecule has 0 aliphatic heterocycles. The molecule has 0 aromatic heterocycles. The van der Waals surface area contributed by atoms with E-state index in [-0.39, 0.29) is 0 Å². The second-order valence-electron chi connectivity index (χ2n) is 17.0. The van der Waals surface area contributed by atoms with Crippen molar-refractivity contribution in [2.24, 2.45) is 17.3 Å². The second kappa shape index (κ2) is 12.4. The Labute approximate surface area is 329 Å². The molecule has 0 amide bonds. The minimum absolute atomic E-state index is 0.551. The predicted octanol–water partition coefficient (Wildman–Crippen LogP) is 15.0. The molecule has 3 saturated carbocycles. The van der Waals surface area contributed by atoms with Gasteiger partial charge in [0.2, 0.25) is 0 Å². The monoisotopic (exact) mass is 717 g/mol. The SMILES string of the molecule is c1ccc(-c2ccc(N(c3ccc(-c4ccc5c(c4)C4CC6CC7CC(CC764)c4ccccc4-5)cc3)c3ccc(-c4ccc5ccccc5c4)cc3)cc2)cc1. The van der Waals surface area contributed by atoms with Crippen LogP contribution in [0.25, 0.3) is 55.3 Å². The number of rotatable bonds is 6. The van der Waals surface area contributed by atoms with Crippen molar-refractivity contribution in [2.45, 2.75) is 37.5 Å². The van der Waals surface area contributed by atoms with E-state index in [0.717, 1.165) is 34.8 Å². The Morgan fingerprint density at radius 3 is 1.59 bits per heavy atom. The molecule has 8 aromatic carbocycles. The molecule has 8 aromatic rings. The minimum atomic E-state index is 0.551. The van der Waals surface area contributed by atoms with Crippen LogP contribution in [-0.4, -0.2) is 0 Å². The molecule has 2 bridgehead atoms. The first-order valence-electron chi connectivity index (χ1n) is 20.6. The molecule has 1 nitrogen and oxygen atoms in total. The lowest BCUT2D eigenvalue weighted by Crippen LogP contribution is -2.58. The van der Waals surface area contributed by atoms with Crippen LogP contribution in [0.1, 0.15) is 48.6 Å². The van der Waals surface area contributed by atoms with Crippen molar-refractivity contribution >= 4 is 27.8 Å². The van der Waals surface area contributed by atoms with E-state index in [4.69, 9.17) is 0 Å². The normalized spacial score (nSPS) is 22.4. The Morgan fingerprint density at radius 1 is 0.375 bits per heavy atom. The minimum Gasteiger partial charge on any atom is -0.311 e. The molecule has 5 atom stereocenters. The fourth-order valence-electron chi connectivity index (χ4n) is 11.7. The maximum Gasteiger partial charge on any atom is 0.0462 e. The second-order valence-corrected chi connectivity index (χ2v) is 17.0. The Balaban J connectivity index is 0.913. The van der Waals surface area contributed by atoms with Gasteiger partial charge in [0.1, 0.15) is 0 Å². The van der Waals surface area contributed by atoms with Crippen molar-refractivity contribution < 1.29 is 0 Å². The maximum atomic E-state index is 2.58. The quantitative estimate of drug-likeness (QED) is 0.166. The molecule has 56 heavy (non-hydrogen) atoms. The van der Waals surface area contributed by atoms with E-state index in [9.17, 15) is 0 Å².